The first-order valence-corrected chi connectivity index (χ1v) is 8.72. The first-order valence-electron chi connectivity index (χ1n) is 7.24. The van der Waals surface area contributed by atoms with Gasteiger partial charge < -0.3 is 5.32 Å². The van der Waals surface area contributed by atoms with Crippen LogP contribution in [0.5, 0.6) is 0 Å². The van der Waals surface area contributed by atoms with E-state index in [1.807, 2.05) is 12.1 Å². The number of halogens is 3. The third kappa shape index (κ3) is 3.61. The summed E-state index contributed by atoms with van der Waals surface area (Å²) in [6, 6.07) is 9.32. The predicted molar refractivity (Wildman–Crippen MR) is 82.5 cm³/mol. The van der Waals surface area contributed by atoms with Crippen molar-refractivity contribution in [2.45, 2.75) is 30.7 Å². The van der Waals surface area contributed by atoms with Gasteiger partial charge in [-0.1, -0.05) is 24.3 Å². The van der Waals surface area contributed by atoms with E-state index in [4.69, 9.17) is 0 Å². The quantitative estimate of drug-likeness (QED) is 0.886. The first kappa shape index (κ1) is 16.9. The van der Waals surface area contributed by atoms with Gasteiger partial charge in [-0.05, 0) is 34.9 Å². The number of nitrogens with one attached hydrogen (secondary N) is 2. The monoisotopic (exact) mass is 356 g/mol. The molecule has 2 aromatic carbocycles. The van der Waals surface area contributed by atoms with Crippen LogP contribution in [0.2, 0.25) is 0 Å². The zero-order chi connectivity index (χ0) is 17.4. The Hall–Kier alpha value is -1.90. The topological polar surface area (TPSA) is 58.2 Å². The van der Waals surface area contributed by atoms with Crippen molar-refractivity contribution in [1.29, 1.82) is 0 Å². The molecule has 1 aliphatic rings. The number of fused-ring (bicyclic) bond motifs is 1. The summed E-state index contributed by atoms with van der Waals surface area (Å²) in [6.45, 7) is 1.53. The summed E-state index contributed by atoms with van der Waals surface area (Å²) in [5.41, 5.74) is 2.03. The molecule has 0 fully saturated rings. The minimum absolute atomic E-state index is 0.0197. The molecule has 0 aromatic heterocycles. The Kier molecular flexibility index (Phi) is 4.37. The molecule has 2 N–H and O–H groups in total. The van der Waals surface area contributed by atoms with Gasteiger partial charge in [-0.3, -0.25) is 0 Å². The van der Waals surface area contributed by atoms with E-state index in [1.165, 1.54) is 5.56 Å². The molecule has 0 bridgehead atoms. The Labute approximate surface area is 137 Å². The number of rotatable bonds is 4. The fraction of sp³-hybridized carbons (Fsp3) is 0.250. The molecule has 0 aliphatic carbocycles. The van der Waals surface area contributed by atoms with Crippen LogP contribution in [0, 0.1) is 0 Å². The Morgan fingerprint density at radius 3 is 2.54 bits per heavy atom. The number of hydrogen-bond acceptors (Lipinski definition) is 3. The highest BCUT2D eigenvalue weighted by Crippen LogP contribution is 2.30. The molecule has 3 rings (SSSR count). The summed E-state index contributed by atoms with van der Waals surface area (Å²) in [6.07, 6.45) is -4.58. The second-order valence-corrected chi connectivity index (χ2v) is 7.32. The molecule has 128 valence electrons. The van der Waals surface area contributed by atoms with E-state index in [-0.39, 0.29) is 6.54 Å². The van der Waals surface area contributed by atoms with E-state index in [0.717, 1.165) is 42.4 Å². The van der Waals surface area contributed by atoms with Crippen LogP contribution in [0.25, 0.3) is 0 Å². The minimum atomic E-state index is -4.58. The van der Waals surface area contributed by atoms with Crippen LogP contribution in [-0.2, 0) is 35.8 Å². The van der Waals surface area contributed by atoms with Gasteiger partial charge in [-0.2, -0.15) is 13.2 Å². The fourth-order valence-electron chi connectivity index (χ4n) is 2.56. The summed E-state index contributed by atoms with van der Waals surface area (Å²) in [7, 11) is -4.02. The van der Waals surface area contributed by atoms with Crippen LogP contribution in [-0.4, -0.2) is 8.42 Å². The Morgan fingerprint density at radius 2 is 1.79 bits per heavy atom. The molecule has 0 radical (unpaired) electrons. The molecule has 8 heteroatoms. The molecule has 0 atom stereocenters. The van der Waals surface area contributed by atoms with E-state index < -0.39 is 26.7 Å². The van der Waals surface area contributed by atoms with Gasteiger partial charge in [0.15, 0.2) is 0 Å². The molecule has 0 saturated carbocycles. The average Bonchev–Trinajstić information content (AvgIpc) is 3.00. The number of hydrogen-bond donors (Lipinski definition) is 2. The highest BCUT2D eigenvalue weighted by Gasteiger charge is 2.31. The molecule has 2 aromatic rings. The van der Waals surface area contributed by atoms with Gasteiger partial charge in [0.2, 0.25) is 10.0 Å². The van der Waals surface area contributed by atoms with E-state index in [9.17, 15) is 21.6 Å². The van der Waals surface area contributed by atoms with E-state index >= 15 is 0 Å². The van der Waals surface area contributed by atoms with E-state index in [1.54, 1.807) is 6.07 Å². The molecule has 4 nitrogen and oxygen atoms in total. The van der Waals surface area contributed by atoms with Gasteiger partial charge in [0.25, 0.3) is 0 Å². The van der Waals surface area contributed by atoms with Crippen molar-refractivity contribution < 1.29 is 21.6 Å². The number of sulfonamides is 1. The van der Waals surface area contributed by atoms with Gasteiger partial charge in [-0.25, -0.2) is 13.1 Å². The normalized spacial score (nSPS) is 14.6. The Balaban J connectivity index is 1.77. The van der Waals surface area contributed by atoms with Crippen molar-refractivity contribution in [3.63, 3.8) is 0 Å². The fourth-order valence-corrected chi connectivity index (χ4v) is 3.62. The standard InChI is InChI=1S/C16H15F3N2O2S/c17-16(18,19)14-2-1-3-15(7-14)24(22,23)21-8-11-4-5-12-9-20-10-13(12)6-11/h1-7,20-21H,8-10H2. The van der Waals surface area contributed by atoms with Crippen molar-refractivity contribution in [2.24, 2.45) is 0 Å². The SMILES string of the molecule is O=S(=O)(NCc1ccc2c(c1)CNC2)c1cccc(C(F)(F)F)c1. The zero-order valence-electron chi connectivity index (χ0n) is 12.5. The smallest absolute Gasteiger partial charge is 0.309 e. The summed E-state index contributed by atoms with van der Waals surface area (Å²) < 4.78 is 64.9. The minimum Gasteiger partial charge on any atom is -0.309 e. The molecule has 0 amide bonds. The lowest BCUT2D eigenvalue weighted by atomic mass is 10.1. The molecule has 0 spiro atoms. The predicted octanol–water partition coefficient (Wildman–Crippen LogP) is 2.79. The van der Waals surface area contributed by atoms with Crippen LogP contribution in [0.4, 0.5) is 13.2 Å². The van der Waals surface area contributed by atoms with Gasteiger partial charge in [0.05, 0.1) is 10.5 Å². The van der Waals surface area contributed by atoms with Crippen molar-refractivity contribution in [2.75, 3.05) is 0 Å². The van der Waals surface area contributed by atoms with E-state index in [2.05, 4.69) is 10.0 Å². The van der Waals surface area contributed by atoms with Gasteiger partial charge in [-0.15, -0.1) is 0 Å². The second kappa shape index (κ2) is 6.19. The first-order chi connectivity index (χ1) is 11.3. The molecule has 0 saturated heterocycles. The lowest BCUT2D eigenvalue weighted by Gasteiger charge is -2.11. The Bertz CT molecular complexity index is 864. The highest BCUT2D eigenvalue weighted by atomic mass is 32.2. The van der Waals surface area contributed by atoms with E-state index in [0.29, 0.717) is 6.07 Å². The van der Waals surface area contributed by atoms with Gasteiger partial charge in [0, 0.05) is 19.6 Å². The second-order valence-electron chi connectivity index (χ2n) is 5.56. The number of alkyl halides is 3. The van der Waals surface area contributed by atoms with Crippen molar-refractivity contribution in [1.82, 2.24) is 10.0 Å². The van der Waals surface area contributed by atoms with Gasteiger partial charge in [0.1, 0.15) is 0 Å². The lowest BCUT2D eigenvalue weighted by Crippen LogP contribution is -2.23. The summed E-state index contributed by atoms with van der Waals surface area (Å²) in [5.74, 6) is 0. The maximum absolute atomic E-state index is 12.7. The summed E-state index contributed by atoms with van der Waals surface area (Å²) in [5, 5.41) is 3.19. The maximum atomic E-state index is 12.7. The van der Waals surface area contributed by atoms with Crippen molar-refractivity contribution >= 4 is 10.0 Å². The van der Waals surface area contributed by atoms with Gasteiger partial charge >= 0.3 is 6.18 Å². The Morgan fingerprint density at radius 1 is 1.04 bits per heavy atom. The third-order valence-corrected chi connectivity index (χ3v) is 5.24. The maximum Gasteiger partial charge on any atom is 0.416 e. The summed E-state index contributed by atoms with van der Waals surface area (Å²) in [4.78, 5) is -0.403. The van der Waals surface area contributed by atoms with Crippen molar-refractivity contribution in [3.8, 4) is 0 Å². The largest absolute Gasteiger partial charge is 0.416 e. The molecule has 0 unspecified atom stereocenters. The van der Waals surface area contributed by atoms with Crippen LogP contribution in [0.1, 0.15) is 22.3 Å². The average molecular weight is 356 g/mol. The van der Waals surface area contributed by atoms with Crippen LogP contribution in [0.3, 0.4) is 0 Å². The molecule has 24 heavy (non-hydrogen) atoms. The molecule has 1 aliphatic heterocycles. The molecular formula is C16H15F3N2O2S. The highest BCUT2D eigenvalue weighted by molar-refractivity contribution is 7.89. The van der Waals surface area contributed by atoms with Crippen LogP contribution < -0.4 is 10.0 Å². The number of benzene rings is 2. The van der Waals surface area contributed by atoms with Crippen molar-refractivity contribution in [3.05, 3.63) is 64.7 Å². The third-order valence-electron chi connectivity index (χ3n) is 3.84. The lowest BCUT2D eigenvalue weighted by molar-refractivity contribution is -0.137. The summed E-state index contributed by atoms with van der Waals surface area (Å²) >= 11 is 0. The van der Waals surface area contributed by atoms with Crippen LogP contribution >= 0.6 is 0 Å². The zero-order valence-corrected chi connectivity index (χ0v) is 13.3. The molecule has 1 heterocycles. The van der Waals surface area contributed by atoms with Crippen LogP contribution in [0.15, 0.2) is 47.4 Å². The molecular weight excluding hydrogens is 341 g/mol.